The lowest BCUT2D eigenvalue weighted by atomic mass is 10.2. The molecule has 3 N–H and O–H groups in total. The van der Waals surface area contributed by atoms with Crippen molar-refractivity contribution < 1.29 is 4.79 Å². The SMILES string of the molecule is C#Cc1cccc(NC(=O)CNC(=NC)NCCc2ncc(CC)s2)c1. The summed E-state index contributed by atoms with van der Waals surface area (Å²) in [5.74, 6) is 2.94. The number of nitrogens with one attached hydrogen (secondary N) is 3. The van der Waals surface area contributed by atoms with Gasteiger partial charge in [0.05, 0.1) is 11.6 Å². The van der Waals surface area contributed by atoms with E-state index in [1.54, 1.807) is 36.6 Å². The quantitative estimate of drug-likeness (QED) is 0.396. The van der Waals surface area contributed by atoms with Crippen LogP contribution in [0.5, 0.6) is 0 Å². The smallest absolute Gasteiger partial charge is 0.243 e. The fourth-order valence-electron chi connectivity index (χ4n) is 2.19. The lowest BCUT2D eigenvalue weighted by Crippen LogP contribution is -2.42. The molecule has 0 spiro atoms. The molecule has 0 aliphatic carbocycles. The van der Waals surface area contributed by atoms with Gasteiger partial charge >= 0.3 is 0 Å². The van der Waals surface area contributed by atoms with Gasteiger partial charge in [0.15, 0.2) is 5.96 Å². The molecule has 7 heteroatoms. The van der Waals surface area contributed by atoms with E-state index in [1.807, 2.05) is 12.3 Å². The normalized spacial score (nSPS) is 10.9. The van der Waals surface area contributed by atoms with Crippen molar-refractivity contribution in [3.05, 3.63) is 45.9 Å². The molecular formula is C19H23N5OS. The first kappa shape index (κ1) is 19.5. The zero-order valence-corrected chi connectivity index (χ0v) is 15.8. The number of thiazole rings is 1. The summed E-state index contributed by atoms with van der Waals surface area (Å²) in [5, 5.41) is 10.1. The van der Waals surface area contributed by atoms with Gasteiger partial charge in [0, 0.05) is 42.3 Å². The third-order valence-corrected chi connectivity index (χ3v) is 4.74. The van der Waals surface area contributed by atoms with Crippen molar-refractivity contribution in [2.24, 2.45) is 4.99 Å². The van der Waals surface area contributed by atoms with Crippen LogP contribution >= 0.6 is 11.3 Å². The second-order valence-electron chi connectivity index (χ2n) is 5.45. The molecular weight excluding hydrogens is 346 g/mol. The fraction of sp³-hybridized carbons (Fsp3) is 0.316. The number of carbonyl (C=O) groups is 1. The number of aliphatic imine (C=N–C) groups is 1. The summed E-state index contributed by atoms with van der Waals surface area (Å²) in [6.07, 6.45) is 9.11. The Kier molecular flexibility index (Phi) is 7.65. The molecule has 0 aliphatic rings. The highest BCUT2D eigenvalue weighted by Crippen LogP contribution is 2.13. The van der Waals surface area contributed by atoms with Crippen molar-refractivity contribution in [3.8, 4) is 12.3 Å². The highest BCUT2D eigenvalue weighted by atomic mass is 32.1. The van der Waals surface area contributed by atoms with E-state index >= 15 is 0 Å². The number of guanidine groups is 1. The molecule has 2 rings (SSSR count). The zero-order chi connectivity index (χ0) is 18.8. The average Bonchev–Trinajstić information content (AvgIpc) is 3.12. The summed E-state index contributed by atoms with van der Waals surface area (Å²) in [6, 6.07) is 7.17. The number of anilines is 1. The van der Waals surface area contributed by atoms with Crippen molar-refractivity contribution in [1.82, 2.24) is 15.6 Å². The van der Waals surface area contributed by atoms with Gasteiger partial charge in [0.1, 0.15) is 0 Å². The summed E-state index contributed by atoms with van der Waals surface area (Å²) in [4.78, 5) is 21.8. The molecule has 0 bridgehead atoms. The topological polar surface area (TPSA) is 78.4 Å². The molecule has 1 heterocycles. The number of hydrogen-bond donors (Lipinski definition) is 3. The number of nitrogens with zero attached hydrogens (tertiary/aromatic N) is 2. The summed E-state index contributed by atoms with van der Waals surface area (Å²) < 4.78 is 0. The van der Waals surface area contributed by atoms with Gasteiger partial charge in [-0.1, -0.05) is 18.9 Å². The Hall–Kier alpha value is -2.85. The monoisotopic (exact) mass is 369 g/mol. The first-order valence-corrected chi connectivity index (χ1v) is 9.21. The largest absolute Gasteiger partial charge is 0.356 e. The number of hydrogen-bond acceptors (Lipinski definition) is 4. The van der Waals surface area contributed by atoms with Crippen LogP contribution in [0, 0.1) is 12.3 Å². The van der Waals surface area contributed by atoms with E-state index in [2.05, 4.69) is 38.8 Å². The van der Waals surface area contributed by atoms with E-state index in [9.17, 15) is 4.79 Å². The van der Waals surface area contributed by atoms with Gasteiger partial charge < -0.3 is 16.0 Å². The average molecular weight is 369 g/mol. The number of terminal acetylenes is 1. The number of rotatable bonds is 7. The number of amides is 1. The molecule has 2 aromatic rings. The van der Waals surface area contributed by atoms with E-state index in [1.165, 1.54) is 4.88 Å². The van der Waals surface area contributed by atoms with E-state index in [0.717, 1.165) is 23.4 Å². The molecule has 0 fully saturated rings. The molecule has 26 heavy (non-hydrogen) atoms. The highest BCUT2D eigenvalue weighted by molar-refractivity contribution is 7.11. The van der Waals surface area contributed by atoms with Crippen molar-refractivity contribution in [3.63, 3.8) is 0 Å². The van der Waals surface area contributed by atoms with Crippen LogP contribution in [0.4, 0.5) is 5.69 Å². The summed E-state index contributed by atoms with van der Waals surface area (Å²) in [7, 11) is 1.67. The molecule has 0 saturated heterocycles. The van der Waals surface area contributed by atoms with Gasteiger partial charge in [0.25, 0.3) is 0 Å². The van der Waals surface area contributed by atoms with Crippen LogP contribution in [0.15, 0.2) is 35.5 Å². The molecule has 0 unspecified atom stereocenters. The Labute approximate surface area is 158 Å². The fourth-order valence-corrected chi connectivity index (χ4v) is 3.05. The number of aryl methyl sites for hydroxylation is 1. The third-order valence-electron chi connectivity index (χ3n) is 3.53. The van der Waals surface area contributed by atoms with Gasteiger partial charge in [0.2, 0.25) is 5.91 Å². The first-order chi connectivity index (χ1) is 12.6. The van der Waals surface area contributed by atoms with Crippen molar-refractivity contribution >= 4 is 28.9 Å². The minimum atomic E-state index is -0.172. The van der Waals surface area contributed by atoms with Crippen LogP contribution in [0.3, 0.4) is 0 Å². The van der Waals surface area contributed by atoms with Gasteiger partial charge in [-0.15, -0.1) is 17.8 Å². The number of aromatic nitrogens is 1. The van der Waals surface area contributed by atoms with E-state index in [0.29, 0.717) is 18.2 Å². The van der Waals surface area contributed by atoms with Crippen LogP contribution < -0.4 is 16.0 Å². The molecule has 6 nitrogen and oxygen atoms in total. The number of benzene rings is 1. The van der Waals surface area contributed by atoms with Crippen molar-refractivity contribution in [1.29, 1.82) is 0 Å². The predicted octanol–water partition coefficient (Wildman–Crippen LogP) is 2.03. The summed E-state index contributed by atoms with van der Waals surface area (Å²) >= 11 is 1.73. The predicted molar refractivity (Wildman–Crippen MR) is 108 cm³/mol. The second kappa shape index (κ2) is 10.2. The third kappa shape index (κ3) is 6.22. The lowest BCUT2D eigenvalue weighted by molar-refractivity contribution is -0.115. The van der Waals surface area contributed by atoms with Crippen molar-refractivity contribution in [2.45, 2.75) is 19.8 Å². The Bertz CT molecular complexity index is 806. The molecule has 1 aromatic carbocycles. The molecule has 1 aromatic heterocycles. The van der Waals surface area contributed by atoms with Crippen LogP contribution in [-0.2, 0) is 17.6 Å². The van der Waals surface area contributed by atoms with Gasteiger partial charge in [-0.05, 0) is 24.6 Å². The minimum absolute atomic E-state index is 0.108. The van der Waals surface area contributed by atoms with E-state index in [-0.39, 0.29) is 12.5 Å². The van der Waals surface area contributed by atoms with Crippen molar-refractivity contribution in [2.75, 3.05) is 25.5 Å². The standard InChI is InChI=1S/C19H23N5OS/c1-4-14-7-6-8-15(11-14)24-17(25)13-23-19(20-3)21-10-9-18-22-12-16(5-2)26-18/h1,6-8,11-12H,5,9-10,13H2,2-3H3,(H,24,25)(H2,20,21,23). The molecule has 1 amide bonds. The van der Waals surface area contributed by atoms with E-state index < -0.39 is 0 Å². The Balaban J connectivity index is 1.73. The second-order valence-corrected chi connectivity index (χ2v) is 6.65. The van der Waals surface area contributed by atoms with Crippen LogP contribution in [0.1, 0.15) is 22.4 Å². The first-order valence-electron chi connectivity index (χ1n) is 8.39. The maximum absolute atomic E-state index is 12.0. The van der Waals surface area contributed by atoms with Crippen LogP contribution in [0.2, 0.25) is 0 Å². The minimum Gasteiger partial charge on any atom is -0.356 e. The molecule has 136 valence electrons. The molecule has 0 atom stereocenters. The van der Waals surface area contributed by atoms with Crippen LogP contribution in [-0.4, -0.2) is 37.0 Å². The Morgan fingerprint density at radius 2 is 2.23 bits per heavy atom. The number of carbonyl (C=O) groups excluding carboxylic acids is 1. The van der Waals surface area contributed by atoms with Gasteiger partial charge in [-0.2, -0.15) is 0 Å². The Morgan fingerprint density at radius 1 is 1.38 bits per heavy atom. The zero-order valence-electron chi connectivity index (χ0n) is 15.0. The lowest BCUT2D eigenvalue weighted by Gasteiger charge is -2.11. The molecule has 0 aliphatic heterocycles. The molecule has 0 saturated carbocycles. The maximum atomic E-state index is 12.0. The Morgan fingerprint density at radius 3 is 2.92 bits per heavy atom. The van der Waals surface area contributed by atoms with Gasteiger partial charge in [-0.3, -0.25) is 9.79 Å². The highest BCUT2D eigenvalue weighted by Gasteiger charge is 2.05. The maximum Gasteiger partial charge on any atom is 0.243 e. The van der Waals surface area contributed by atoms with E-state index in [4.69, 9.17) is 6.42 Å². The van der Waals surface area contributed by atoms with Crippen LogP contribution in [0.25, 0.3) is 0 Å². The summed E-state index contributed by atoms with van der Waals surface area (Å²) in [5.41, 5.74) is 1.40. The molecule has 0 radical (unpaired) electrons. The van der Waals surface area contributed by atoms with Gasteiger partial charge in [-0.25, -0.2) is 4.98 Å². The summed E-state index contributed by atoms with van der Waals surface area (Å²) in [6.45, 7) is 2.93.